The highest BCUT2D eigenvalue weighted by molar-refractivity contribution is 5.99. The number of aromatic nitrogens is 1. The third kappa shape index (κ3) is 9.40. The highest BCUT2D eigenvalue weighted by atomic mass is 16.6. The zero-order chi connectivity index (χ0) is 35.1. The molecule has 0 aliphatic carbocycles. The number of carbonyl (C=O) groups is 4. The average molecular weight is 667 g/mol. The molecule has 0 spiro atoms. The Hall–Kier alpha value is -5.33. The molecule has 0 bridgehead atoms. The first kappa shape index (κ1) is 35.0. The van der Waals surface area contributed by atoms with Crippen LogP contribution in [-0.2, 0) is 33.8 Å². The summed E-state index contributed by atoms with van der Waals surface area (Å²) in [6, 6.07) is 25.3. The molecular weight excluding hydrogens is 624 g/mol. The number of aliphatic hydroxyl groups is 1. The second-order valence-corrected chi connectivity index (χ2v) is 13.1. The van der Waals surface area contributed by atoms with Gasteiger partial charge in [-0.1, -0.05) is 78.9 Å². The van der Waals surface area contributed by atoms with E-state index in [9.17, 15) is 24.3 Å². The fraction of sp³-hybridized carbons (Fsp3) is 0.324. The lowest BCUT2D eigenvalue weighted by atomic mass is 9.99. The highest BCUT2D eigenvalue weighted by Crippen LogP contribution is 2.25. The van der Waals surface area contributed by atoms with E-state index in [1.807, 2.05) is 66.7 Å². The van der Waals surface area contributed by atoms with Crippen LogP contribution in [0.2, 0.25) is 0 Å². The number of nitrogens with two attached hydrogens (primary N) is 1. The van der Waals surface area contributed by atoms with Crippen molar-refractivity contribution in [2.75, 3.05) is 6.54 Å². The van der Waals surface area contributed by atoms with Crippen molar-refractivity contribution in [3.05, 3.63) is 113 Å². The molecule has 1 aromatic heterocycles. The summed E-state index contributed by atoms with van der Waals surface area (Å²) in [7, 11) is 0. The maximum absolute atomic E-state index is 13.8. The summed E-state index contributed by atoms with van der Waals surface area (Å²) >= 11 is 0. The molecule has 0 saturated carbocycles. The molecule has 4 amide bonds. The quantitative estimate of drug-likeness (QED) is 0.189. The second kappa shape index (κ2) is 15.3. The number of fused-ring (bicyclic) bond motifs is 2. The second-order valence-electron chi connectivity index (χ2n) is 13.1. The SMILES string of the molecule is CC(C)(C)OC(=O)N1Cc2ccccc2CN1CC(O)[C@H](Cc1ccccc1)NC(=O)[C@H](CC(N)=O)NC(=O)c1ccc2ccccc2n1. The average Bonchev–Trinajstić information content (AvgIpc) is 3.06. The van der Waals surface area contributed by atoms with E-state index in [1.165, 1.54) is 11.1 Å². The van der Waals surface area contributed by atoms with Crippen molar-refractivity contribution in [3.8, 4) is 0 Å². The number of rotatable bonds is 11. The largest absolute Gasteiger partial charge is 0.443 e. The van der Waals surface area contributed by atoms with Crippen LogP contribution in [0.3, 0.4) is 0 Å². The normalized spacial score (nSPS) is 15.1. The molecule has 49 heavy (non-hydrogen) atoms. The van der Waals surface area contributed by atoms with E-state index in [4.69, 9.17) is 10.5 Å². The van der Waals surface area contributed by atoms with Crippen molar-refractivity contribution in [1.29, 1.82) is 0 Å². The number of hydrazine groups is 1. The van der Waals surface area contributed by atoms with Crippen LogP contribution in [-0.4, -0.2) is 74.3 Å². The van der Waals surface area contributed by atoms with Crippen LogP contribution in [0.5, 0.6) is 0 Å². The Bertz CT molecular complexity index is 1810. The summed E-state index contributed by atoms with van der Waals surface area (Å²) in [6.07, 6.45) is -2.03. The minimum atomic E-state index is -1.34. The van der Waals surface area contributed by atoms with Gasteiger partial charge in [-0.05, 0) is 56.0 Å². The van der Waals surface area contributed by atoms with E-state index in [0.717, 1.165) is 22.1 Å². The van der Waals surface area contributed by atoms with Crippen LogP contribution in [0.25, 0.3) is 10.9 Å². The van der Waals surface area contributed by atoms with Crippen LogP contribution in [0.4, 0.5) is 4.79 Å². The molecule has 12 heteroatoms. The Kier molecular flexibility index (Phi) is 10.9. The summed E-state index contributed by atoms with van der Waals surface area (Å²) in [4.78, 5) is 56.8. The number of para-hydroxylation sites is 1. The number of hydrogen-bond donors (Lipinski definition) is 4. The third-order valence-electron chi connectivity index (χ3n) is 8.08. The van der Waals surface area contributed by atoms with Gasteiger partial charge in [-0.2, -0.15) is 0 Å². The van der Waals surface area contributed by atoms with E-state index in [2.05, 4.69) is 15.6 Å². The molecule has 0 saturated heterocycles. The molecule has 1 aliphatic rings. The Balaban J connectivity index is 1.37. The number of primary amides is 1. The summed E-state index contributed by atoms with van der Waals surface area (Å²) in [6.45, 7) is 5.86. The molecule has 5 N–H and O–H groups in total. The first-order valence-corrected chi connectivity index (χ1v) is 16.2. The van der Waals surface area contributed by atoms with Gasteiger partial charge in [0.2, 0.25) is 11.8 Å². The number of amides is 4. The lowest BCUT2D eigenvalue weighted by molar-refractivity contribution is -0.128. The van der Waals surface area contributed by atoms with E-state index >= 15 is 0 Å². The molecule has 12 nitrogen and oxygen atoms in total. The lowest BCUT2D eigenvalue weighted by Gasteiger charge is -2.41. The number of nitrogens with zero attached hydrogens (tertiary/aromatic N) is 3. The van der Waals surface area contributed by atoms with Gasteiger partial charge in [0.1, 0.15) is 17.3 Å². The number of benzene rings is 3. The number of β-amino-alcohol motifs (C(OH)–C–C–N with tert-alkyl or cyclic N) is 1. The number of hydrogen-bond acceptors (Lipinski definition) is 8. The van der Waals surface area contributed by atoms with Crippen molar-refractivity contribution in [2.45, 2.75) is 70.5 Å². The van der Waals surface area contributed by atoms with Crippen molar-refractivity contribution in [2.24, 2.45) is 5.73 Å². The molecule has 3 atom stereocenters. The minimum Gasteiger partial charge on any atom is -0.443 e. The Morgan fingerprint density at radius 1 is 0.878 bits per heavy atom. The van der Waals surface area contributed by atoms with Gasteiger partial charge in [-0.15, -0.1) is 0 Å². The molecule has 2 heterocycles. The van der Waals surface area contributed by atoms with Gasteiger partial charge in [0.15, 0.2) is 0 Å². The number of ether oxygens (including phenoxy) is 1. The molecule has 1 unspecified atom stereocenters. The number of pyridine rings is 1. The summed E-state index contributed by atoms with van der Waals surface area (Å²) in [5, 5.41) is 21.2. The molecule has 256 valence electrons. The molecule has 4 aromatic rings. The van der Waals surface area contributed by atoms with Crippen molar-refractivity contribution >= 4 is 34.7 Å². The molecule has 3 aromatic carbocycles. The van der Waals surface area contributed by atoms with Crippen molar-refractivity contribution in [3.63, 3.8) is 0 Å². The van der Waals surface area contributed by atoms with Gasteiger partial charge < -0.3 is 26.2 Å². The number of nitrogens with one attached hydrogen (secondary N) is 2. The zero-order valence-corrected chi connectivity index (χ0v) is 27.8. The standard InChI is InChI=1S/C37H42N6O6/c1-37(2,3)49-36(48)43-22-27-15-8-7-14-26(27)21-42(43)23-32(44)30(19-24-11-5-4-6-12-24)40-35(47)31(20-33(38)45)41-34(46)29-18-17-25-13-9-10-16-28(25)39-29/h4-18,30-32,44H,19-23H2,1-3H3,(H2,38,45)(H,40,47)(H,41,46)/t30-,31-,32?/m0/s1. The molecule has 0 radical (unpaired) electrons. The predicted octanol–water partition coefficient (Wildman–Crippen LogP) is 3.46. The highest BCUT2D eigenvalue weighted by Gasteiger charge is 2.35. The number of carbonyl (C=O) groups excluding carboxylic acids is 4. The van der Waals surface area contributed by atoms with Crippen LogP contribution in [0.15, 0.2) is 91.0 Å². The van der Waals surface area contributed by atoms with Gasteiger partial charge in [-0.3, -0.25) is 14.4 Å². The fourth-order valence-electron chi connectivity index (χ4n) is 5.68. The lowest BCUT2D eigenvalue weighted by Crippen LogP contribution is -2.58. The van der Waals surface area contributed by atoms with Gasteiger partial charge in [0.25, 0.3) is 5.91 Å². The van der Waals surface area contributed by atoms with Gasteiger partial charge in [-0.25, -0.2) is 19.8 Å². The summed E-state index contributed by atoms with van der Waals surface area (Å²) in [5.41, 5.74) is 8.18. The van der Waals surface area contributed by atoms with Crippen LogP contribution < -0.4 is 16.4 Å². The molecule has 1 aliphatic heterocycles. The Morgan fingerprint density at radius 2 is 1.53 bits per heavy atom. The van der Waals surface area contributed by atoms with E-state index in [0.29, 0.717) is 12.1 Å². The Morgan fingerprint density at radius 3 is 2.22 bits per heavy atom. The minimum absolute atomic E-state index is 0.0424. The maximum Gasteiger partial charge on any atom is 0.425 e. The summed E-state index contributed by atoms with van der Waals surface area (Å²) in [5.74, 6) is -2.17. The number of aliphatic hydroxyl groups excluding tert-OH is 1. The Labute approximate surface area is 285 Å². The van der Waals surface area contributed by atoms with Gasteiger partial charge in [0.05, 0.1) is 30.6 Å². The van der Waals surface area contributed by atoms with Crippen LogP contribution >= 0.6 is 0 Å². The van der Waals surface area contributed by atoms with E-state index < -0.39 is 54.0 Å². The first-order valence-electron chi connectivity index (χ1n) is 16.2. The van der Waals surface area contributed by atoms with E-state index in [1.54, 1.807) is 44.0 Å². The maximum atomic E-state index is 13.8. The summed E-state index contributed by atoms with van der Waals surface area (Å²) < 4.78 is 5.70. The fourth-order valence-corrected chi connectivity index (χ4v) is 5.68. The first-order chi connectivity index (χ1) is 23.4. The monoisotopic (exact) mass is 666 g/mol. The zero-order valence-electron chi connectivity index (χ0n) is 27.8. The van der Waals surface area contributed by atoms with Crippen molar-refractivity contribution in [1.82, 2.24) is 25.6 Å². The smallest absolute Gasteiger partial charge is 0.425 e. The molecule has 5 rings (SSSR count). The molecular formula is C37H42N6O6. The topological polar surface area (TPSA) is 167 Å². The van der Waals surface area contributed by atoms with Crippen molar-refractivity contribution < 1.29 is 29.0 Å². The van der Waals surface area contributed by atoms with Gasteiger partial charge >= 0.3 is 6.09 Å². The molecule has 0 fully saturated rings. The third-order valence-corrected chi connectivity index (χ3v) is 8.08. The van der Waals surface area contributed by atoms with Crippen LogP contribution in [0, 0.1) is 0 Å². The van der Waals surface area contributed by atoms with Gasteiger partial charge in [0, 0.05) is 18.5 Å². The predicted molar refractivity (Wildman–Crippen MR) is 184 cm³/mol. The van der Waals surface area contributed by atoms with E-state index in [-0.39, 0.29) is 25.2 Å². The van der Waals surface area contributed by atoms with Crippen LogP contribution in [0.1, 0.15) is 54.4 Å².